The second kappa shape index (κ2) is 7.08. The van der Waals surface area contributed by atoms with Crippen molar-refractivity contribution >= 4 is 21.8 Å². The summed E-state index contributed by atoms with van der Waals surface area (Å²) in [6.45, 7) is 4.16. The molecule has 137 valence electrons. The molecule has 1 saturated heterocycles. The van der Waals surface area contributed by atoms with Crippen molar-refractivity contribution in [1.82, 2.24) is 20.1 Å². The van der Waals surface area contributed by atoms with Crippen LogP contribution in [-0.4, -0.2) is 46.3 Å². The van der Waals surface area contributed by atoms with E-state index >= 15 is 0 Å². The van der Waals surface area contributed by atoms with Crippen LogP contribution in [0.2, 0.25) is 0 Å². The first-order chi connectivity index (χ1) is 13.4. The largest absolute Gasteiger partial charge is 0.492 e. The lowest BCUT2D eigenvalue weighted by atomic mass is 10.1. The molecule has 5 rings (SSSR count). The summed E-state index contributed by atoms with van der Waals surface area (Å²) in [6, 6.07) is 17.3. The van der Waals surface area contributed by atoms with E-state index in [1.165, 1.54) is 32.4 Å². The fourth-order valence-corrected chi connectivity index (χ4v) is 3.91. The third kappa shape index (κ3) is 3.30. The van der Waals surface area contributed by atoms with Gasteiger partial charge in [0.05, 0.1) is 11.2 Å². The summed E-state index contributed by atoms with van der Waals surface area (Å²) in [7, 11) is 0. The number of aromatic amines is 2. The molecular formula is C22H23N4O. The Balaban J connectivity index is 1.34. The minimum absolute atomic E-state index is 0.739. The van der Waals surface area contributed by atoms with Crippen molar-refractivity contribution in [3.63, 3.8) is 0 Å². The summed E-state index contributed by atoms with van der Waals surface area (Å²) in [6.07, 6.45) is 4.00. The van der Waals surface area contributed by atoms with Crippen LogP contribution in [0.15, 0.2) is 42.5 Å². The van der Waals surface area contributed by atoms with Crippen molar-refractivity contribution in [1.29, 1.82) is 0 Å². The Morgan fingerprint density at radius 2 is 2.00 bits per heavy atom. The number of aromatic nitrogens is 3. The molecule has 0 amide bonds. The smallest absolute Gasteiger partial charge is 0.120 e. The van der Waals surface area contributed by atoms with E-state index in [0.717, 1.165) is 52.1 Å². The first-order valence-corrected chi connectivity index (χ1v) is 9.69. The third-order valence-electron chi connectivity index (χ3n) is 5.38. The zero-order chi connectivity index (χ0) is 18.1. The van der Waals surface area contributed by atoms with E-state index in [1.807, 2.05) is 24.3 Å². The summed E-state index contributed by atoms with van der Waals surface area (Å²) in [4.78, 5) is 5.96. The van der Waals surface area contributed by atoms with Gasteiger partial charge in [0.25, 0.3) is 0 Å². The molecule has 1 fully saturated rings. The van der Waals surface area contributed by atoms with Gasteiger partial charge in [-0.1, -0.05) is 12.5 Å². The maximum Gasteiger partial charge on any atom is 0.120 e. The molecule has 27 heavy (non-hydrogen) atoms. The molecule has 1 radical (unpaired) electrons. The molecule has 2 aromatic heterocycles. The maximum atomic E-state index is 6.00. The number of hydrogen-bond donors (Lipinski definition) is 2. The van der Waals surface area contributed by atoms with Crippen LogP contribution in [0.25, 0.3) is 33.2 Å². The lowest BCUT2D eigenvalue weighted by molar-refractivity contribution is 0.183. The number of rotatable bonds is 5. The molecule has 1 aliphatic rings. The highest BCUT2D eigenvalue weighted by Gasteiger charge is 2.12. The fraction of sp³-hybridized carbons (Fsp3) is 0.318. The average molecular weight is 359 g/mol. The van der Waals surface area contributed by atoms with E-state index in [1.54, 1.807) is 0 Å². The van der Waals surface area contributed by atoms with Crippen LogP contribution in [0.5, 0.6) is 5.75 Å². The SMILES string of the molecule is [c]1ccc2[nH]nc(-c3cc4cc(OCCN5CCCCC5)ccc4[nH]3)c2c1. The Morgan fingerprint density at radius 3 is 2.93 bits per heavy atom. The van der Waals surface area contributed by atoms with E-state index in [0.29, 0.717) is 0 Å². The molecule has 3 heterocycles. The highest BCUT2D eigenvalue weighted by molar-refractivity contribution is 5.95. The lowest BCUT2D eigenvalue weighted by Gasteiger charge is -2.26. The van der Waals surface area contributed by atoms with Crippen LogP contribution in [-0.2, 0) is 0 Å². The van der Waals surface area contributed by atoms with Crippen LogP contribution in [0.1, 0.15) is 19.3 Å². The standard InChI is InChI=1S/C22H23N4O/c1-4-10-26(11-5-1)12-13-27-17-8-9-19-16(14-17)15-21(23-19)22-18-6-2-3-7-20(18)24-25-22/h3,6-9,14-15,23H,1,4-5,10-13H2,(H,24,25). The number of piperidine rings is 1. The summed E-state index contributed by atoms with van der Waals surface area (Å²) in [5.41, 5.74) is 4.03. The number of likely N-dealkylation sites (tertiary alicyclic amines) is 1. The van der Waals surface area contributed by atoms with Crippen molar-refractivity contribution in [3.05, 3.63) is 48.5 Å². The monoisotopic (exact) mass is 359 g/mol. The van der Waals surface area contributed by atoms with Gasteiger partial charge in [0, 0.05) is 22.8 Å². The Hall–Kier alpha value is -2.79. The molecular weight excluding hydrogens is 336 g/mol. The highest BCUT2D eigenvalue weighted by atomic mass is 16.5. The zero-order valence-electron chi connectivity index (χ0n) is 15.3. The Labute approximate surface area is 158 Å². The quantitative estimate of drug-likeness (QED) is 0.556. The van der Waals surface area contributed by atoms with E-state index in [2.05, 4.69) is 44.3 Å². The molecule has 0 spiro atoms. The van der Waals surface area contributed by atoms with Gasteiger partial charge >= 0.3 is 0 Å². The molecule has 0 bridgehead atoms. The van der Waals surface area contributed by atoms with Crippen molar-refractivity contribution < 1.29 is 4.74 Å². The van der Waals surface area contributed by atoms with Crippen LogP contribution in [0, 0.1) is 6.07 Å². The van der Waals surface area contributed by atoms with E-state index in [4.69, 9.17) is 4.74 Å². The van der Waals surface area contributed by atoms with Crippen LogP contribution >= 0.6 is 0 Å². The molecule has 5 heteroatoms. The predicted molar refractivity (Wildman–Crippen MR) is 108 cm³/mol. The van der Waals surface area contributed by atoms with Gasteiger partial charge in [-0.15, -0.1) is 0 Å². The molecule has 1 aliphatic heterocycles. The van der Waals surface area contributed by atoms with Crippen molar-refractivity contribution in [2.45, 2.75) is 19.3 Å². The highest BCUT2D eigenvalue weighted by Crippen LogP contribution is 2.30. The van der Waals surface area contributed by atoms with E-state index in [9.17, 15) is 0 Å². The second-order valence-corrected chi connectivity index (χ2v) is 7.23. The predicted octanol–water partition coefficient (Wildman–Crippen LogP) is 4.38. The minimum Gasteiger partial charge on any atom is -0.492 e. The lowest BCUT2D eigenvalue weighted by Crippen LogP contribution is -2.33. The molecule has 0 atom stereocenters. The molecule has 2 N–H and O–H groups in total. The van der Waals surface area contributed by atoms with Gasteiger partial charge in [-0.05, 0) is 68.4 Å². The number of benzene rings is 2. The van der Waals surface area contributed by atoms with Gasteiger partial charge in [0.1, 0.15) is 18.1 Å². The summed E-state index contributed by atoms with van der Waals surface area (Å²) in [5, 5.41) is 9.76. The maximum absolute atomic E-state index is 6.00. The number of nitrogens with zero attached hydrogens (tertiary/aromatic N) is 2. The van der Waals surface area contributed by atoms with Gasteiger partial charge in [0.2, 0.25) is 0 Å². The minimum atomic E-state index is 0.739. The Kier molecular flexibility index (Phi) is 4.30. The molecule has 5 nitrogen and oxygen atoms in total. The number of ether oxygens (including phenoxy) is 1. The first-order valence-electron chi connectivity index (χ1n) is 9.69. The molecule has 0 saturated carbocycles. The second-order valence-electron chi connectivity index (χ2n) is 7.23. The average Bonchev–Trinajstić information content (AvgIpc) is 3.32. The first kappa shape index (κ1) is 16.4. The summed E-state index contributed by atoms with van der Waals surface area (Å²) < 4.78 is 6.00. The van der Waals surface area contributed by atoms with Crippen molar-refractivity contribution in [3.8, 4) is 17.1 Å². The van der Waals surface area contributed by atoms with Crippen LogP contribution in [0.3, 0.4) is 0 Å². The molecule has 4 aromatic rings. The van der Waals surface area contributed by atoms with Crippen molar-refractivity contribution in [2.24, 2.45) is 0 Å². The summed E-state index contributed by atoms with van der Waals surface area (Å²) >= 11 is 0. The van der Waals surface area contributed by atoms with Gasteiger partial charge in [0.15, 0.2) is 0 Å². The fourth-order valence-electron chi connectivity index (χ4n) is 3.91. The summed E-state index contributed by atoms with van der Waals surface area (Å²) in [5.74, 6) is 0.922. The van der Waals surface area contributed by atoms with Crippen LogP contribution < -0.4 is 4.74 Å². The van der Waals surface area contributed by atoms with E-state index < -0.39 is 0 Å². The molecule has 0 aliphatic carbocycles. The van der Waals surface area contributed by atoms with Gasteiger partial charge in [-0.25, -0.2) is 0 Å². The normalized spacial score (nSPS) is 15.6. The Bertz CT molecular complexity index is 1060. The topological polar surface area (TPSA) is 56.9 Å². The van der Waals surface area contributed by atoms with Gasteiger partial charge < -0.3 is 9.72 Å². The van der Waals surface area contributed by atoms with Gasteiger partial charge in [-0.3, -0.25) is 10.00 Å². The molecule has 0 unspecified atom stereocenters. The molecule has 2 aromatic carbocycles. The number of nitrogens with one attached hydrogen (secondary N) is 2. The third-order valence-corrected chi connectivity index (χ3v) is 5.38. The van der Waals surface area contributed by atoms with Crippen LogP contribution in [0.4, 0.5) is 0 Å². The van der Waals surface area contributed by atoms with Gasteiger partial charge in [-0.2, -0.15) is 5.10 Å². The number of fused-ring (bicyclic) bond motifs is 2. The number of hydrogen-bond acceptors (Lipinski definition) is 3. The Morgan fingerprint density at radius 1 is 1.07 bits per heavy atom. The zero-order valence-corrected chi connectivity index (χ0v) is 15.3. The number of H-pyrrole nitrogens is 2. The van der Waals surface area contributed by atoms with Crippen molar-refractivity contribution in [2.75, 3.05) is 26.2 Å². The van der Waals surface area contributed by atoms with E-state index in [-0.39, 0.29) is 0 Å².